The third kappa shape index (κ3) is 3.25. The molecule has 0 fully saturated rings. The molecule has 1 aromatic carbocycles. The first kappa shape index (κ1) is 11.5. The summed E-state index contributed by atoms with van der Waals surface area (Å²) in [4.78, 5) is 11.6. The van der Waals surface area contributed by atoms with E-state index in [9.17, 15) is 9.90 Å². The van der Waals surface area contributed by atoms with E-state index in [-0.39, 0.29) is 24.3 Å². The highest BCUT2D eigenvalue weighted by Gasteiger charge is 2.11. The molecule has 0 radical (unpaired) electrons. The van der Waals surface area contributed by atoms with Gasteiger partial charge >= 0.3 is 0 Å². The molecule has 3 N–H and O–H groups in total. The second kappa shape index (κ2) is 5.36. The Kier molecular flexibility index (Phi) is 4.12. The van der Waals surface area contributed by atoms with E-state index >= 15 is 0 Å². The normalized spacial score (nSPS) is 12.1. The van der Waals surface area contributed by atoms with Gasteiger partial charge in [0.05, 0.1) is 12.6 Å². The lowest BCUT2D eigenvalue weighted by Gasteiger charge is -2.13. The molecule has 4 heteroatoms. The molecule has 0 aliphatic heterocycles. The van der Waals surface area contributed by atoms with Crippen LogP contribution < -0.4 is 5.32 Å². The summed E-state index contributed by atoms with van der Waals surface area (Å²) in [5, 5.41) is 20.8. The Morgan fingerprint density at radius 1 is 1.53 bits per heavy atom. The van der Waals surface area contributed by atoms with Gasteiger partial charge < -0.3 is 15.5 Å². The number of nitrogens with one attached hydrogen (secondary N) is 1. The van der Waals surface area contributed by atoms with Crippen LogP contribution in [0.5, 0.6) is 5.75 Å². The molecule has 0 spiro atoms. The molecule has 0 heterocycles. The zero-order valence-corrected chi connectivity index (χ0v) is 8.60. The minimum atomic E-state index is -0.285. The van der Waals surface area contributed by atoms with Gasteiger partial charge in [0.15, 0.2) is 0 Å². The zero-order valence-electron chi connectivity index (χ0n) is 8.60. The quantitative estimate of drug-likeness (QED) is 0.689. The third-order valence-corrected chi connectivity index (χ3v) is 2.16. The number of benzene rings is 1. The number of carbonyl (C=O) groups is 1. The molecular formula is C11H15NO3. The van der Waals surface area contributed by atoms with Crippen molar-refractivity contribution in [3.05, 3.63) is 29.8 Å². The maximum absolute atomic E-state index is 11.6. The Morgan fingerprint density at radius 2 is 2.27 bits per heavy atom. The van der Waals surface area contributed by atoms with Gasteiger partial charge in [-0.15, -0.1) is 0 Å². The summed E-state index contributed by atoms with van der Waals surface area (Å²) in [5.74, 6) is -0.230. The van der Waals surface area contributed by atoms with Gasteiger partial charge in [-0.1, -0.05) is 13.0 Å². The minimum absolute atomic E-state index is 0.0553. The van der Waals surface area contributed by atoms with Crippen LogP contribution in [0.15, 0.2) is 24.3 Å². The highest BCUT2D eigenvalue weighted by Crippen LogP contribution is 2.10. The lowest BCUT2D eigenvalue weighted by molar-refractivity contribution is 0.0914. The first-order chi connectivity index (χ1) is 7.17. The predicted molar refractivity (Wildman–Crippen MR) is 56.7 cm³/mol. The monoisotopic (exact) mass is 209 g/mol. The van der Waals surface area contributed by atoms with Crippen molar-refractivity contribution in [2.45, 2.75) is 19.4 Å². The molecule has 1 aromatic rings. The Bertz CT molecular complexity index is 334. The molecule has 82 valence electrons. The molecular weight excluding hydrogens is 194 g/mol. The Morgan fingerprint density at radius 3 is 2.80 bits per heavy atom. The maximum Gasteiger partial charge on any atom is 0.251 e. The van der Waals surface area contributed by atoms with E-state index in [2.05, 4.69) is 5.32 Å². The molecule has 0 unspecified atom stereocenters. The third-order valence-electron chi connectivity index (χ3n) is 2.16. The average molecular weight is 209 g/mol. The van der Waals surface area contributed by atoms with E-state index < -0.39 is 0 Å². The predicted octanol–water partition coefficient (Wildman–Crippen LogP) is 0.893. The largest absolute Gasteiger partial charge is 0.508 e. The summed E-state index contributed by atoms with van der Waals surface area (Å²) >= 11 is 0. The fourth-order valence-electron chi connectivity index (χ4n) is 1.19. The van der Waals surface area contributed by atoms with Crippen molar-refractivity contribution in [1.82, 2.24) is 5.32 Å². The molecule has 15 heavy (non-hydrogen) atoms. The average Bonchev–Trinajstić information content (AvgIpc) is 2.25. The van der Waals surface area contributed by atoms with Crippen LogP contribution in [0, 0.1) is 0 Å². The van der Waals surface area contributed by atoms with Crippen molar-refractivity contribution >= 4 is 5.91 Å². The van der Waals surface area contributed by atoms with Crippen molar-refractivity contribution in [1.29, 1.82) is 0 Å². The summed E-state index contributed by atoms with van der Waals surface area (Å²) in [7, 11) is 0. The van der Waals surface area contributed by atoms with Gasteiger partial charge in [-0.2, -0.15) is 0 Å². The fraction of sp³-hybridized carbons (Fsp3) is 0.364. The van der Waals surface area contributed by atoms with Gasteiger partial charge in [0.2, 0.25) is 0 Å². The Balaban J connectivity index is 2.68. The van der Waals surface area contributed by atoms with Crippen LogP contribution in [0.25, 0.3) is 0 Å². The summed E-state index contributed by atoms with van der Waals surface area (Å²) in [6.07, 6.45) is 0.668. The van der Waals surface area contributed by atoms with Crippen LogP contribution in [0.4, 0.5) is 0 Å². The van der Waals surface area contributed by atoms with E-state index in [1.807, 2.05) is 6.92 Å². The number of phenols is 1. The molecule has 4 nitrogen and oxygen atoms in total. The molecule has 0 aliphatic carbocycles. The van der Waals surface area contributed by atoms with Crippen LogP contribution in [-0.2, 0) is 0 Å². The second-order valence-corrected chi connectivity index (χ2v) is 3.31. The highest BCUT2D eigenvalue weighted by molar-refractivity contribution is 5.94. The van der Waals surface area contributed by atoms with Gasteiger partial charge in [-0.3, -0.25) is 4.79 Å². The molecule has 0 saturated heterocycles. The van der Waals surface area contributed by atoms with Gasteiger partial charge in [0, 0.05) is 5.56 Å². The number of rotatable bonds is 4. The number of hydrogen-bond acceptors (Lipinski definition) is 3. The topological polar surface area (TPSA) is 69.6 Å². The SMILES string of the molecule is CC[C@H](CO)NC(=O)c1cccc(O)c1. The number of phenolic OH excluding ortho intramolecular Hbond substituents is 1. The smallest absolute Gasteiger partial charge is 0.251 e. The van der Waals surface area contributed by atoms with Gasteiger partial charge in [0.25, 0.3) is 5.91 Å². The van der Waals surface area contributed by atoms with Crippen molar-refractivity contribution in [2.24, 2.45) is 0 Å². The Hall–Kier alpha value is -1.55. The maximum atomic E-state index is 11.6. The van der Waals surface area contributed by atoms with Crippen molar-refractivity contribution in [2.75, 3.05) is 6.61 Å². The van der Waals surface area contributed by atoms with Gasteiger partial charge in [0.1, 0.15) is 5.75 Å². The summed E-state index contributed by atoms with van der Waals surface area (Å²) < 4.78 is 0. The molecule has 1 rings (SSSR count). The van der Waals surface area contributed by atoms with Gasteiger partial charge in [-0.05, 0) is 24.6 Å². The van der Waals surface area contributed by atoms with Crippen molar-refractivity contribution in [3.8, 4) is 5.75 Å². The van der Waals surface area contributed by atoms with Gasteiger partial charge in [-0.25, -0.2) is 0 Å². The van der Waals surface area contributed by atoms with Crippen LogP contribution >= 0.6 is 0 Å². The fourth-order valence-corrected chi connectivity index (χ4v) is 1.19. The molecule has 1 amide bonds. The lowest BCUT2D eigenvalue weighted by atomic mass is 10.1. The molecule has 1 atom stereocenters. The number of aliphatic hydroxyl groups excluding tert-OH is 1. The van der Waals surface area contributed by atoms with E-state index in [4.69, 9.17) is 5.11 Å². The van der Waals surface area contributed by atoms with Crippen LogP contribution in [-0.4, -0.2) is 28.8 Å². The first-order valence-corrected chi connectivity index (χ1v) is 4.88. The number of amides is 1. The standard InChI is InChI=1S/C11H15NO3/c1-2-9(7-13)12-11(15)8-4-3-5-10(14)6-8/h3-6,9,13-14H,2,7H2,1H3,(H,12,15)/t9-/m1/s1. The highest BCUT2D eigenvalue weighted by atomic mass is 16.3. The van der Waals surface area contributed by atoms with Crippen LogP contribution in [0.2, 0.25) is 0 Å². The number of hydrogen-bond donors (Lipinski definition) is 3. The number of carbonyl (C=O) groups excluding carboxylic acids is 1. The van der Waals surface area contributed by atoms with E-state index in [0.717, 1.165) is 0 Å². The van der Waals surface area contributed by atoms with E-state index in [1.54, 1.807) is 12.1 Å². The Labute approximate surface area is 88.6 Å². The first-order valence-electron chi connectivity index (χ1n) is 4.88. The number of aliphatic hydroxyl groups is 1. The number of aromatic hydroxyl groups is 1. The summed E-state index contributed by atoms with van der Waals surface area (Å²) in [6, 6.07) is 5.86. The summed E-state index contributed by atoms with van der Waals surface area (Å²) in [5.41, 5.74) is 0.391. The molecule has 0 saturated carbocycles. The lowest BCUT2D eigenvalue weighted by Crippen LogP contribution is -2.36. The van der Waals surface area contributed by atoms with Crippen LogP contribution in [0.3, 0.4) is 0 Å². The molecule has 0 aliphatic rings. The summed E-state index contributed by atoms with van der Waals surface area (Å²) in [6.45, 7) is 1.80. The van der Waals surface area contributed by atoms with Crippen molar-refractivity contribution < 1.29 is 15.0 Å². The molecule has 0 bridgehead atoms. The zero-order chi connectivity index (χ0) is 11.3. The van der Waals surface area contributed by atoms with E-state index in [0.29, 0.717) is 12.0 Å². The second-order valence-electron chi connectivity index (χ2n) is 3.31. The van der Waals surface area contributed by atoms with Crippen LogP contribution in [0.1, 0.15) is 23.7 Å². The minimum Gasteiger partial charge on any atom is -0.508 e. The van der Waals surface area contributed by atoms with Crippen molar-refractivity contribution in [3.63, 3.8) is 0 Å². The van der Waals surface area contributed by atoms with E-state index in [1.165, 1.54) is 12.1 Å². The molecule has 0 aromatic heterocycles.